The molecule has 0 fully saturated rings. The molecule has 21 heavy (non-hydrogen) atoms. The van der Waals surface area contributed by atoms with E-state index in [2.05, 4.69) is 49.3 Å². The van der Waals surface area contributed by atoms with Crippen molar-refractivity contribution in [3.8, 4) is 5.75 Å². The molecule has 0 atom stereocenters. The van der Waals surface area contributed by atoms with Crippen molar-refractivity contribution in [3.63, 3.8) is 0 Å². The van der Waals surface area contributed by atoms with E-state index in [-0.39, 0.29) is 0 Å². The molecule has 0 aliphatic heterocycles. The van der Waals surface area contributed by atoms with Gasteiger partial charge in [0.2, 0.25) is 0 Å². The highest BCUT2D eigenvalue weighted by Crippen LogP contribution is 2.24. The molecule has 0 bridgehead atoms. The van der Waals surface area contributed by atoms with Crippen LogP contribution >= 0.6 is 0 Å². The van der Waals surface area contributed by atoms with E-state index in [1.54, 1.807) is 6.20 Å². The zero-order valence-electron chi connectivity index (χ0n) is 13.1. The van der Waals surface area contributed by atoms with Crippen LogP contribution in [0.3, 0.4) is 0 Å². The second-order valence-electron chi connectivity index (χ2n) is 5.70. The van der Waals surface area contributed by atoms with Gasteiger partial charge in [-0.05, 0) is 37.1 Å². The maximum Gasteiger partial charge on any atom is 0.130 e. The third-order valence-corrected chi connectivity index (χ3v) is 3.25. The average Bonchev–Trinajstić information content (AvgIpc) is 2.47. The molecule has 2 aromatic rings. The van der Waals surface area contributed by atoms with E-state index in [9.17, 15) is 0 Å². The van der Waals surface area contributed by atoms with Crippen molar-refractivity contribution < 1.29 is 4.74 Å². The molecule has 0 spiro atoms. The summed E-state index contributed by atoms with van der Waals surface area (Å²) < 4.78 is 6.01. The summed E-state index contributed by atoms with van der Waals surface area (Å²) in [5.41, 5.74) is 3.31. The summed E-state index contributed by atoms with van der Waals surface area (Å²) in [4.78, 5) is 4.30. The number of hydrogen-bond acceptors (Lipinski definition) is 3. The Kier molecular flexibility index (Phi) is 5.76. The normalized spacial score (nSPS) is 10.9. The van der Waals surface area contributed by atoms with E-state index in [0.29, 0.717) is 12.5 Å². The van der Waals surface area contributed by atoms with E-state index in [0.717, 1.165) is 30.1 Å². The summed E-state index contributed by atoms with van der Waals surface area (Å²) in [6.07, 6.45) is 1.79. The maximum absolute atomic E-state index is 6.01. The number of hydrogen-bond donors (Lipinski definition) is 1. The highest BCUT2D eigenvalue weighted by Gasteiger charge is 2.07. The van der Waals surface area contributed by atoms with E-state index in [1.165, 1.54) is 5.56 Å². The lowest BCUT2D eigenvalue weighted by Gasteiger charge is -2.15. The minimum Gasteiger partial charge on any atom is -0.487 e. The van der Waals surface area contributed by atoms with Crippen molar-refractivity contribution >= 4 is 0 Å². The molecular weight excluding hydrogens is 260 g/mol. The van der Waals surface area contributed by atoms with Crippen molar-refractivity contribution in [3.05, 3.63) is 59.4 Å². The fourth-order valence-corrected chi connectivity index (χ4v) is 2.18. The number of para-hydroxylation sites is 1. The molecule has 0 aliphatic carbocycles. The summed E-state index contributed by atoms with van der Waals surface area (Å²) in [6, 6.07) is 12.2. The largest absolute Gasteiger partial charge is 0.487 e. The van der Waals surface area contributed by atoms with Crippen LogP contribution in [0.4, 0.5) is 0 Å². The van der Waals surface area contributed by atoms with Crippen LogP contribution in [-0.2, 0) is 13.2 Å². The zero-order valence-corrected chi connectivity index (χ0v) is 13.1. The van der Waals surface area contributed by atoms with E-state index < -0.39 is 0 Å². The summed E-state index contributed by atoms with van der Waals surface area (Å²) in [5, 5.41) is 3.47. The number of benzene rings is 1. The van der Waals surface area contributed by atoms with Gasteiger partial charge in [-0.1, -0.05) is 38.1 Å². The molecule has 3 heteroatoms. The third kappa shape index (κ3) is 4.87. The lowest BCUT2D eigenvalue weighted by Crippen LogP contribution is -2.19. The average molecular weight is 284 g/mol. The standard InChI is InChI=1S/C18H24N2O/c1-14(2)11-19-12-16-8-6-7-15(3)18(16)21-13-17-9-4-5-10-20-17/h4-10,14,19H,11-13H2,1-3H3. The Hall–Kier alpha value is -1.87. The Morgan fingerprint density at radius 1 is 1.14 bits per heavy atom. The first-order valence-corrected chi connectivity index (χ1v) is 7.48. The van der Waals surface area contributed by atoms with Crippen LogP contribution in [0.25, 0.3) is 0 Å². The quantitative estimate of drug-likeness (QED) is 0.841. The number of nitrogens with zero attached hydrogens (tertiary/aromatic N) is 1. The summed E-state index contributed by atoms with van der Waals surface area (Å²) >= 11 is 0. The number of rotatable bonds is 7. The number of ether oxygens (including phenoxy) is 1. The van der Waals surface area contributed by atoms with Gasteiger partial charge in [0.1, 0.15) is 12.4 Å². The van der Waals surface area contributed by atoms with Gasteiger partial charge in [0.25, 0.3) is 0 Å². The highest BCUT2D eigenvalue weighted by molar-refractivity contribution is 5.40. The van der Waals surface area contributed by atoms with Crippen LogP contribution in [0, 0.1) is 12.8 Å². The maximum atomic E-state index is 6.01. The predicted octanol–water partition coefficient (Wildman–Crippen LogP) is 3.71. The Morgan fingerprint density at radius 2 is 2.00 bits per heavy atom. The molecule has 0 saturated heterocycles. The highest BCUT2D eigenvalue weighted by atomic mass is 16.5. The fraction of sp³-hybridized carbons (Fsp3) is 0.389. The minimum absolute atomic E-state index is 0.503. The van der Waals surface area contributed by atoms with E-state index in [4.69, 9.17) is 4.74 Å². The number of aromatic nitrogens is 1. The first-order chi connectivity index (χ1) is 10.2. The lowest BCUT2D eigenvalue weighted by molar-refractivity contribution is 0.295. The second kappa shape index (κ2) is 7.79. The van der Waals surface area contributed by atoms with Gasteiger partial charge in [-0.15, -0.1) is 0 Å². The molecule has 1 aromatic carbocycles. The SMILES string of the molecule is Cc1cccc(CNCC(C)C)c1OCc1ccccn1. The smallest absolute Gasteiger partial charge is 0.130 e. The van der Waals surface area contributed by atoms with Crippen molar-refractivity contribution in [2.45, 2.75) is 33.9 Å². The minimum atomic E-state index is 0.503. The molecule has 0 unspecified atom stereocenters. The Balaban J connectivity index is 2.03. The van der Waals surface area contributed by atoms with E-state index >= 15 is 0 Å². The summed E-state index contributed by atoms with van der Waals surface area (Å²) in [7, 11) is 0. The van der Waals surface area contributed by atoms with Crippen molar-refractivity contribution in [2.75, 3.05) is 6.54 Å². The van der Waals surface area contributed by atoms with Crippen molar-refractivity contribution in [2.24, 2.45) is 5.92 Å². The van der Waals surface area contributed by atoms with Crippen molar-refractivity contribution in [1.82, 2.24) is 10.3 Å². The van der Waals surface area contributed by atoms with Crippen molar-refractivity contribution in [1.29, 1.82) is 0 Å². The molecule has 112 valence electrons. The topological polar surface area (TPSA) is 34.1 Å². The van der Waals surface area contributed by atoms with Gasteiger partial charge < -0.3 is 10.1 Å². The molecule has 0 amide bonds. The molecule has 1 N–H and O–H groups in total. The molecule has 3 nitrogen and oxygen atoms in total. The van der Waals surface area contributed by atoms with Gasteiger partial charge in [0, 0.05) is 18.3 Å². The number of aryl methyl sites for hydroxylation is 1. The van der Waals surface area contributed by atoms with Gasteiger partial charge in [0.05, 0.1) is 5.69 Å². The fourth-order valence-electron chi connectivity index (χ4n) is 2.18. The van der Waals surface area contributed by atoms with Gasteiger partial charge in [0.15, 0.2) is 0 Å². The Morgan fingerprint density at radius 3 is 2.71 bits per heavy atom. The Labute approximate surface area is 127 Å². The van der Waals surface area contributed by atoms with Gasteiger partial charge in [-0.3, -0.25) is 4.98 Å². The summed E-state index contributed by atoms with van der Waals surface area (Å²) in [6.45, 7) is 8.84. The zero-order chi connectivity index (χ0) is 15.1. The van der Waals surface area contributed by atoms with Gasteiger partial charge in [-0.2, -0.15) is 0 Å². The van der Waals surface area contributed by atoms with Crippen LogP contribution < -0.4 is 10.1 Å². The first-order valence-electron chi connectivity index (χ1n) is 7.48. The van der Waals surface area contributed by atoms with Crippen LogP contribution in [0.1, 0.15) is 30.7 Å². The second-order valence-corrected chi connectivity index (χ2v) is 5.70. The summed E-state index contributed by atoms with van der Waals surface area (Å²) in [5.74, 6) is 1.62. The van der Waals surface area contributed by atoms with Gasteiger partial charge in [-0.25, -0.2) is 0 Å². The monoisotopic (exact) mass is 284 g/mol. The van der Waals surface area contributed by atoms with Crippen LogP contribution in [0.2, 0.25) is 0 Å². The predicted molar refractivity (Wildman–Crippen MR) is 86.3 cm³/mol. The molecular formula is C18H24N2O. The third-order valence-electron chi connectivity index (χ3n) is 3.25. The molecule has 1 heterocycles. The van der Waals surface area contributed by atoms with Crippen LogP contribution in [-0.4, -0.2) is 11.5 Å². The number of nitrogens with one attached hydrogen (secondary N) is 1. The van der Waals surface area contributed by atoms with Crippen LogP contribution in [0.5, 0.6) is 5.75 Å². The van der Waals surface area contributed by atoms with Gasteiger partial charge >= 0.3 is 0 Å². The molecule has 1 aromatic heterocycles. The molecule has 0 saturated carbocycles. The lowest BCUT2D eigenvalue weighted by atomic mass is 10.1. The van der Waals surface area contributed by atoms with Crippen LogP contribution in [0.15, 0.2) is 42.6 Å². The molecule has 0 aliphatic rings. The number of pyridine rings is 1. The Bertz CT molecular complexity index is 552. The molecule has 2 rings (SSSR count). The first kappa shape index (κ1) is 15.5. The van der Waals surface area contributed by atoms with E-state index in [1.807, 2.05) is 18.2 Å². The molecule has 0 radical (unpaired) electrons.